The van der Waals surface area contributed by atoms with Gasteiger partial charge in [-0.1, -0.05) is 12.8 Å². The summed E-state index contributed by atoms with van der Waals surface area (Å²) >= 11 is 0. The summed E-state index contributed by atoms with van der Waals surface area (Å²) in [7, 11) is 5.45. The lowest BCUT2D eigenvalue weighted by Gasteiger charge is -2.36. The van der Waals surface area contributed by atoms with E-state index in [4.69, 9.17) is 0 Å². The molecule has 1 heterocycles. The number of amides is 1. The van der Waals surface area contributed by atoms with Crippen LogP contribution in [0.2, 0.25) is 0 Å². The molecule has 1 saturated carbocycles. The zero-order valence-electron chi connectivity index (χ0n) is 19.6. The SMILES string of the molecule is CN=C(NCCN1CCN(c2ccc(F)cc2)CC1)NCC1(C(=O)N(C)C)CCCC1.I. The second-order valence-corrected chi connectivity index (χ2v) is 8.84. The highest BCUT2D eigenvalue weighted by molar-refractivity contribution is 14.0. The van der Waals surface area contributed by atoms with Gasteiger partial charge in [-0.25, -0.2) is 4.39 Å². The Balaban J connectivity index is 0.00000363. The summed E-state index contributed by atoms with van der Waals surface area (Å²) in [6, 6.07) is 6.73. The van der Waals surface area contributed by atoms with Crippen LogP contribution in [0.1, 0.15) is 25.7 Å². The molecule has 2 N–H and O–H groups in total. The molecule has 2 fully saturated rings. The van der Waals surface area contributed by atoms with Gasteiger partial charge in [0.2, 0.25) is 5.91 Å². The maximum atomic E-state index is 13.1. The lowest BCUT2D eigenvalue weighted by molar-refractivity contribution is -0.138. The first-order chi connectivity index (χ1) is 14.9. The Labute approximate surface area is 208 Å². The first-order valence-corrected chi connectivity index (χ1v) is 11.3. The second-order valence-electron chi connectivity index (χ2n) is 8.84. The Hall–Kier alpha value is -1.62. The van der Waals surface area contributed by atoms with Crippen molar-refractivity contribution in [2.75, 3.05) is 71.9 Å². The van der Waals surface area contributed by atoms with E-state index in [0.717, 1.165) is 76.6 Å². The normalized spacial score (nSPS) is 18.8. The highest BCUT2D eigenvalue weighted by Crippen LogP contribution is 2.38. The van der Waals surface area contributed by atoms with Crippen LogP contribution in [-0.2, 0) is 4.79 Å². The smallest absolute Gasteiger partial charge is 0.230 e. The van der Waals surface area contributed by atoms with E-state index in [1.54, 1.807) is 11.9 Å². The number of carbonyl (C=O) groups excluding carboxylic acids is 1. The zero-order valence-corrected chi connectivity index (χ0v) is 21.9. The van der Waals surface area contributed by atoms with E-state index in [2.05, 4.69) is 25.4 Å². The molecule has 0 aromatic heterocycles. The molecular weight excluding hydrogens is 522 g/mol. The van der Waals surface area contributed by atoms with Gasteiger partial charge in [0.25, 0.3) is 0 Å². The molecule has 32 heavy (non-hydrogen) atoms. The number of hydrogen-bond donors (Lipinski definition) is 2. The fourth-order valence-corrected chi connectivity index (χ4v) is 4.68. The van der Waals surface area contributed by atoms with Crippen LogP contribution >= 0.6 is 24.0 Å². The molecule has 1 saturated heterocycles. The monoisotopic (exact) mass is 560 g/mol. The van der Waals surface area contributed by atoms with Crippen molar-refractivity contribution in [3.63, 3.8) is 0 Å². The number of aliphatic imine (C=N–C) groups is 1. The minimum Gasteiger partial charge on any atom is -0.369 e. The largest absolute Gasteiger partial charge is 0.369 e. The van der Waals surface area contributed by atoms with Gasteiger partial charge in [0, 0.05) is 72.6 Å². The predicted molar refractivity (Wildman–Crippen MR) is 139 cm³/mol. The molecular formula is C23H38FIN6O. The van der Waals surface area contributed by atoms with Gasteiger partial charge in [0.05, 0.1) is 5.41 Å². The van der Waals surface area contributed by atoms with E-state index in [0.29, 0.717) is 6.54 Å². The Bertz CT molecular complexity index is 743. The Morgan fingerprint density at radius 2 is 1.72 bits per heavy atom. The number of guanidine groups is 1. The standard InChI is InChI=1S/C23H37FN6O.HI/c1-25-22(27-18-23(10-4-5-11-23)21(31)28(2)3)26-12-13-29-14-16-30(17-15-29)20-8-6-19(24)7-9-20;/h6-9H,4-5,10-18H2,1-3H3,(H2,25,26,27);1H. The molecule has 1 amide bonds. The minimum atomic E-state index is -0.308. The van der Waals surface area contributed by atoms with E-state index in [1.165, 1.54) is 12.1 Å². The average molecular weight is 561 g/mol. The number of halogens is 2. The van der Waals surface area contributed by atoms with Crippen LogP contribution in [0, 0.1) is 11.2 Å². The molecule has 0 radical (unpaired) electrons. The molecule has 1 aromatic carbocycles. The van der Waals surface area contributed by atoms with Gasteiger partial charge >= 0.3 is 0 Å². The first-order valence-electron chi connectivity index (χ1n) is 11.3. The van der Waals surface area contributed by atoms with E-state index >= 15 is 0 Å². The van der Waals surface area contributed by atoms with Crippen LogP contribution < -0.4 is 15.5 Å². The molecule has 9 heteroatoms. The predicted octanol–water partition coefficient (Wildman–Crippen LogP) is 2.38. The van der Waals surface area contributed by atoms with Crippen LogP contribution in [0.5, 0.6) is 0 Å². The van der Waals surface area contributed by atoms with Gasteiger partial charge in [-0.2, -0.15) is 0 Å². The van der Waals surface area contributed by atoms with Crippen LogP contribution in [0.25, 0.3) is 0 Å². The van der Waals surface area contributed by atoms with Gasteiger partial charge in [-0.3, -0.25) is 14.7 Å². The Kier molecular flexibility index (Phi) is 10.5. The summed E-state index contributed by atoms with van der Waals surface area (Å²) in [5.41, 5.74) is 0.773. The van der Waals surface area contributed by atoms with Crippen molar-refractivity contribution in [1.82, 2.24) is 20.4 Å². The maximum absolute atomic E-state index is 13.1. The molecule has 0 spiro atoms. The third-order valence-electron chi connectivity index (χ3n) is 6.52. The molecule has 0 unspecified atom stereocenters. The van der Waals surface area contributed by atoms with Crippen molar-refractivity contribution in [3.05, 3.63) is 30.1 Å². The number of rotatable bonds is 7. The number of benzene rings is 1. The lowest BCUT2D eigenvalue weighted by Crippen LogP contribution is -2.51. The summed E-state index contributed by atoms with van der Waals surface area (Å²) in [6.45, 7) is 6.18. The Morgan fingerprint density at radius 1 is 1.09 bits per heavy atom. The maximum Gasteiger partial charge on any atom is 0.230 e. The second kappa shape index (κ2) is 12.6. The average Bonchev–Trinajstić information content (AvgIpc) is 3.26. The summed E-state index contributed by atoms with van der Waals surface area (Å²) in [6.07, 6.45) is 4.09. The number of nitrogens with zero attached hydrogens (tertiary/aromatic N) is 4. The first kappa shape index (κ1) is 26.6. The van der Waals surface area contributed by atoms with Crippen LogP contribution in [-0.4, -0.2) is 88.6 Å². The van der Waals surface area contributed by atoms with Gasteiger partial charge in [0.1, 0.15) is 5.82 Å². The Morgan fingerprint density at radius 3 is 2.28 bits per heavy atom. The number of nitrogens with one attached hydrogen (secondary N) is 2. The molecule has 3 rings (SSSR count). The molecule has 0 atom stereocenters. The fourth-order valence-electron chi connectivity index (χ4n) is 4.68. The van der Waals surface area contributed by atoms with Gasteiger partial charge < -0.3 is 20.4 Å². The van der Waals surface area contributed by atoms with Crippen LogP contribution in [0.4, 0.5) is 10.1 Å². The van der Waals surface area contributed by atoms with Crippen LogP contribution in [0.15, 0.2) is 29.3 Å². The number of hydrogen-bond acceptors (Lipinski definition) is 4. The quantitative estimate of drug-likeness (QED) is 0.305. The van der Waals surface area contributed by atoms with E-state index < -0.39 is 0 Å². The van der Waals surface area contributed by atoms with Crippen molar-refractivity contribution in [2.24, 2.45) is 10.4 Å². The zero-order chi connectivity index (χ0) is 22.3. The van der Waals surface area contributed by atoms with Crippen molar-refractivity contribution in [3.8, 4) is 0 Å². The fraction of sp³-hybridized carbons (Fsp3) is 0.652. The molecule has 0 bridgehead atoms. The van der Waals surface area contributed by atoms with Crippen molar-refractivity contribution < 1.29 is 9.18 Å². The highest BCUT2D eigenvalue weighted by Gasteiger charge is 2.42. The van der Waals surface area contributed by atoms with E-state index in [-0.39, 0.29) is 41.1 Å². The number of anilines is 1. The third-order valence-corrected chi connectivity index (χ3v) is 6.52. The molecule has 1 aliphatic carbocycles. The minimum absolute atomic E-state index is 0. The summed E-state index contributed by atoms with van der Waals surface area (Å²) in [5, 5.41) is 6.79. The van der Waals surface area contributed by atoms with Crippen molar-refractivity contribution >= 4 is 41.5 Å². The van der Waals surface area contributed by atoms with Gasteiger partial charge in [-0.15, -0.1) is 24.0 Å². The molecule has 1 aliphatic heterocycles. The molecule has 180 valence electrons. The van der Waals surface area contributed by atoms with E-state index in [1.807, 2.05) is 26.2 Å². The molecule has 1 aromatic rings. The summed E-state index contributed by atoms with van der Waals surface area (Å²) in [5.74, 6) is 0.773. The van der Waals surface area contributed by atoms with Gasteiger partial charge in [0.15, 0.2) is 5.96 Å². The van der Waals surface area contributed by atoms with E-state index in [9.17, 15) is 9.18 Å². The molecule has 7 nitrogen and oxygen atoms in total. The third kappa shape index (κ3) is 6.94. The van der Waals surface area contributed by atoms with Crippen LogP contribution in [0.3, 0.4) is 0 Å². The number of carbonyl (C=O) groups is 1. The summed E-state index contributed by atoms with van der Waals surface area (Å²) in [4.78, 5) is 23.5. The topological polar surface area (TPSA) is 63.2 Å². The lowest BCUT2D eigenvalue weighted by atomic mass is 9.84. The highest BCUT2D eigenvalue weighted by atomic mass is 127. The summed E-state index contributed by atoms with van der Waals surface area (Å²) < 4.78 is 13.1. The van der Waals surface area contributed by atoms with Gasteiger partial charge in [-0.05, 0) is 37.1 Å². The molecule has 2 aliphatic rings. The van der Waals surface area contributed by atoms with Crippen molar-refractivity contribution in [1.29, 1.82) is 0 Å². The van der Waals surface area contributed by atoms with Crippen molar-refractivity contribution in [2.45, 2.75) is 25.7 Å². The number of piperazine rings is 1.